The fourth-order valence-corrected chi connectivity index (χ4v) is 4.98. The Kier molecular flexibility index (Phi) is 3.73. The first-order chi connectivity index (χ1) is 9.96. The van der Waals surface area contributed by atoms with Crippen LogP contribution in [0.25, 0.3) is 11.2 Å². The number of nitrogens with zero attached hydrogens (tertiary/aromatic N) is 3. The number of pyridine rings is 1. The fraction of sp³-hybridized carbons (Fsp3) is 0.600. The Hall–Kier alpha value is -1.43. The van der Waals surface area contributed by atoms with Gasteiger partial charge in [-0.2, -0.15) is 0 Å². The van der Waals surface area contributed by atoms with Gasteiger partial charge in [0.05, 0.1) is 11.5 Å². The van der Waals surface area contributed by atoms with Crippen LogP contribution in [0.2, 0.25) is 0 Å². The molecule has 3 heterocycles. The molecule has 0 saturated carbocycles. The summed E-state index contributed by atoms with van der Waals surface area (Å²) in [5, 5.41) is 0. The molecule has 2 aromatic heterocycles. The van der Waals surface area contributed by atoms with Crippen molar-refractivity contribution in [3.63, 3.8) is 0 Å². The Balaban J connectivity index is 1.95. The minimum atomic E-state index is -2.87. The third kappa shape index (κ3) is 2.95. The van der Waals surface area contributed by atoms with E-state index >= 15 is 0 Å². The lowest BCUT2D eigenvalue weighted by Gasteiger charge is -2.22. The number of sulfone groups is 1. The van der Waals surface area contributed by atoms with Crippen molar-refractivity contribution in [2.75, 3.05) is 11.5 Å². The highest BCUT2D eigenvalue weighted by molar-refractivity contribution is 7.91. The van der Waals surface area contributed by atoms with Gasteiger partial charge in [-0.3, -0.25) is 0 Å². The van der Waals surface area contributed by atoms with Gasteiger partial charge >= 0.3 is 0 Å². The van der Waals surface area contributed by atoms with E-state index in [1.165, 1.54) is 0 Å². The first kappa shape index (κ1) is 14.5. The zero-order valence-electron chi connectivity index (χ0n) is 12.5. The van der Waals surface area contributed by atoms with Gasteiger partial charge in [-0.25, -0.2) is 18.4 Å². The molecule has 0 aromatic carbocycles. The topological polar surface area (TPSA) is 64.8 Å². The Bertz CT molecular complexity index is 749. The maximum absolute atomic E-state index is 11.8. The monoisotopic (exact) mass is 307 g/mol. The number of imidazole rings is 1. The molecule has 0 bridgehead atoms. The van der Waals surface area contributed by atoms with Crippen LogP contribution >= 0.6 is 0 Å². The van der Waals surface area contributed by atoms with E-state index in [0.717, 1.165) is 29.8 Å². The van der Waals surface area contributed by atoms with E-state index in [2.05, 4.69) is 28.4 Å². The molecule has 1 atom stereocenters. The molecule has 1 fully saturated rings. The zero-order valence-corrected chi connectivity index (χ0v) is 13.3. The summed E-state index contributed by atoms with van der Waals surface area (Å²) < 4.78 is 25.7. The van der Waals surface area contributed by atoms with Crippen molar-refractivity contribution in [3.05, 3.63) is 24.2 Å². The van der Waals surface area contributed by atoms with Crippen molar-refractivity contribution < 1.29 is 8.42 Å². The van der Waals surface area contributed by atoms with Crippen molar-refractivity contribution in [3.8, 4) is 0 Å². The summed E-state index contributed by atoms with van der Waals surface area (Å²) in [5.74, 6) is 1.77. The first-order valence-electron chi connectivity index (χ1n) is 7.48. The summed E-state index contributed by atoms with van der Waals surface area (Å²) in [4.78, 5) is 9.11. The summed E-state index contributed by atoms with van der Waals surface area (Å²) in [6.07, 6.45) is 4.23. The second-order valence-electron chi connectivity index (χ2n) is 6.16. The SMILES string of the molecule is CC(C)n1c(CC2CCCS(=O)(=O)C2)nc2cccnc21. The lowest BCUT2D eigenvalue weighted by Crippen LogP contribution is -2.27. The molecule has 6 heteroatoms. The summed E-state index contributed by atoms with van der Waals surface area (Å²) in [5.41, 5.74) is 1.78. The Labute approximate surface area is 125 Å². The van der Waals surface area contributed by atoms with Crippen LogP contribution in [-0.2, 0) is 16.3 Å². The standard InChI is InChI=1S/C15H21N3O2S/c1-11(2)18-14(17-13-6-3-7-16-15(13)18)9-12-5-4-8-21(19,20)10-12/h3,6-7,11-12H,4-5,8-10H2,1-2H3. The third-order valence-corrected chi connectivity index (χ3v) is 5.96. The van der Waals surface area contributed by atoms with Gasteiger partial charge < -0.3 is 4.57 Å². The van der Waals surface area contributed by atoms with Gasteiger partial charge in [-0.1, -0.05) is 0 Å². The summed E-state index contributed by atoms with van der Waals surface area (Å²) in [6, 6.07) is 4.11. The zero-order chi connectivity index (χ0) is 15.0. The van der Waals surface area contributed by atoms with Gasteiger partial charge in [0.15, 0.2) is 15.5 Å². The van der Waals surface area contributed by atoms with E-state index in [9.17, 15) is 8.42 Å². The molecule has 0 amide bonds. The molecule has 1 unspecified atom stereocenters. The molecule has 1 aliphatic heterocycles. The van der Waals surface area contributed by atoms with E-state index in [1.807, 2.05) is 12.1 Å². The molecule has 3 rings (SSSR count). The minimum absolute atomic E-state index is 0.179. The number of hydrogen-bond donors (Lipinski definition) is 0. The molecule has 0 spiro atoms. The number of fused-ring (bicyclic) bond motifs is 1. The highest BCUT2D eigenvalue weighted by Crippen LogP contribution is 2.25. The van der Waals surface area contributed by atoms with Crippen LogP contribution in [-0.4, -0.2) is 34.5 Å². The summed E-state index contributed by atoms with van der Waals surface area (Å²) >= 11 is 0. The van der Waals surface area contributed by atoms with Crippen LogP contribution in [0.3, 0.4) is 0 Å². The molecule has 0 radical (unpaired) electrons. The second kappa shape index (κ2) is 5.40. The summed E-state index contributed by atoms with van der Waals surface area (Å²) in [7, 11) is -2.87. The lowest BCUT2D eigenvalue weighted by atomic mass is 10.0. The van der Waals surface area contributed by atoms with Gasteiger partial charge in [0.25, 0.3) is 0 Å². The van der Waals surface area contributed by atoms with Gasteiger partial charge in [-0.15, -0.1) is 0 Å². The van der Waals surface area contributed by atoms with Crippen molar-refractivity contribution in [2.24, 2.45) is 5.92 Å². The average molecular weight is 307 g/mol. The van der Waals surface area contributed by atoms with Crippen LogP contribution in [0.4, 0.5) is 0 Å². The number of aromatic nitrogens is 3. The predicted octanol–water partition coefficient (Wildman–Crippen LogP) is 2.38. The highest BCUT2D eigenvalue weighted by Gasteiger charge is 2.27. The van der Waals surface area contributed by atoms with Crippen LogP contribution in [0.5, 0.6) is 0 Å². The smallest absolute Gasteiger partial charge is 0.160 e. The van der Waals surface area contributed by atoms with Crippen molar-refractivity contribution in [2.45, 2.75) is 39.2 Å². The van der Waals surface area contributed by atoms with E-state index in [0.29, 0.717) is 17.9 Å². The van der Waals surface area contributed by atoms with Gasteiger partial charge in [0, 0.05) is 18.7 Å². The van der Waals surface area contributed by atoms with Crippen molar-refractivity contribution in [1.29, 1.82) is 0 Å². The molecule has 5 nitrogen and oxygen atoms in total. The molecular formula is C15H21N3O2S. The molecular weight excluding hydrogens is 286 g/mol. The second-order valence-corrected chi connectivity index (χ2v) is 8.39. The van der Waals surface area contributed by atoms with Crippen molar-refractivity contribution >= 4 is 21.0 Å². The Morgan fingerprint density at radius 1 is 1.43 bits per heavy atom. The van der Waals surface area contributed by atoms with Gasteiger partial charge in [0.1, 0.15) is 11.3 Å². The van der Waals surface area contributed by atoms with Gasteiger partial charge in [-0.05, 0) is 44.7 Å². The molecule has 1 saturated heterocycles. The van der Waals surface area contributed by atoms with E-state index < -0.39 is 9.84 Å². The fourth-order valence-electron chi connectivity index (χ4n) is 3.20. The van der Waals surface area contributed by atoms with Crippen LogP contribution < -0.4 is 0 Å². The van der Waals surface area contributed by atoms with E-state index in [4.69, 9.17) is 0 Å². The van der Waals surface area contributed by atoms with Crippen LogP contribution in [0, 0.1) is 5.92 Å². The maximum Gasteiger partial charge on any atom is 0.160 e. The summed E-state index contributed by atoms with van der Waals surface area (Å²) in [6.45, 7) is 4.22. The molecule has 1 aliphatic rings. The molecule has 0 N–H and O–H groups in total. The van der Waals surface area contributed by atoms with Gasteiger partial charge in [0.2, 0.25) is 0 Å². The molecule has 2 aromatic rings. The molecule has 0 aliphatic carbocycles. The maximum atomic E-state index is 11.8. The minimum Gasteiger partial charge on any atom is -0.310 e. The third-order valence-electron chi connectivity index (χ3n) is 4.07. The Morgan fingerprint density at radius 2 is 2.24 bits per heavy atom. The predicted molar refractivity (Wildman–Crippen MR) is 83.0 cm³/mol. The molecule has 21 heavy (non-hydrogen) atoms. The van der Waals surface area contributed by atoms with Crippen molar-refractivity contribution in [1.82, 2.24) is 14.5 Å². The quantitative estimate of drug-likeness (QED) is 0.873. The first-order valence-corrected chi connectivity index (χ1v) is 9.30. The highest BCUT2D eigenvalue weighted by atomic mass is 32.2. The number of rotatable bonds is 3. The molecule has 114 valence electrons. The average Bonchev–Trinajstić information content (AvgIpc) is 2.75. The normalized spacial score (nSPS) is 22.0. The van der Waals surface area contributed by atoms with Crippen LogP contribution in [0.15, 0.2) is 18.3 Å². The lowest BCUT2D eigenvalue weighted by molar-refractivity contribution is 0.459. The van der Waals surface area contributed by atoms with Crippen LogP contribution in [0.1, 0.15) is 38.6 Å². The largest absolute Gasteiger partial charge is 0.310 e. The van der Waals surface area contributed by atoms with E-state index in [1.54, 1.807) is 6.20 Å². The number of hydrogen-bond acceptors (Lipinski definition) is 4. The Morgan fingerprint density at radius 3 is 2.95 bits per heavy atom. The van der Waals surface area contributed by atoms with E-state index in [-0.39, 0.29) is 12.0 Å².